The molecule has 0 saturated carbocycles. The van der Waals surface area contributed by atoms with Gasteiger partial charge >= 0.3 is 23.5 Å². The van der Waals surface area contributed by atoms with Crippen molar-refractivity contribution in [3.05, 3.63) is 0 Å². The Hall–Kier alpha value is 0.391. The molecule has 354 valence electrons. The van der Waals surface area contributed by atoms with Gasteiger partial charge in [0.2, 0.25) is 0 Å². The van der Waals surface area contributed by atoms with Crippen molar-refractivity contribution in [2.45, 2.75) is 216 Å². The van der Waals surface area contributed by atoms with E-state index in [0.717, 1.165) is 56.8 Å². The summed E-state index contributed by atoms with van der Waals surface area (Å²) >= 11 is 0. The number of halogens is 2. The van der Waals surface area contributed by atoms with Crippen molar-refractivity contribution < 1.29 is 40.1 Å². The zero-order chi connectivity index (χ0) is 45.3. The summed E-state index contributed by atoms with van der Waals surface area (Å²) < 4.78 is 62.0. The van der Waals surface area contributed by atoms with Crippen LogP contribution in [0.4, 0.5) is 8.78 Å². The standard InChI is InChI=1S/C43H97F2NO7Si6/c1-43(44,45)42(47)46(30-28-34-56(12,13)40-38-54(8,9)32-24-20-16-18-22-26-36-58(48-2,49-3)50-4)31-29-35-57(14,15)41-39-55(10,11)33-25-21-17-19-23-27-37-59(51-5,52-6)53-7/h16-41H2,1-15H3. The summed E-state index contributed by atoms with van der Waals surface area (Å²) in [6, 6.07) is 12.0. The second-order valence-electron chi connectivity index (χ2n) is 20.9. The average molecular weight is 947 g/mol. The molecule has 0 aromatic heterocycles. The molecular weight excluding hydrogens is 849 g/mol. The van der Waals surface area contributed by atoms with Gasteiger partial charge in [-0.3, -0.25) is 4.79 Å². The first-order valence-corrected chi connectivity index (χ1v) is 40.9. The van der Waals surface area contributed by atoms with Crippen molar-refractivity contribution in [3.63, 3.8) is 0 Å². The van der Waals surface area contributed by atoms with Gasteiger partial charge in [0.25, 0.3) is 5.91 Å². The lowest BCUT2D eigenvalue weighted by molar-refractivity contribution is -0.154. The Kier molecular flexibility index (Phi) is 30.0. The minimum Gasteiger partial charge on any atom is -0.377 e. The second kappa shape index (κ2) is 29.8. The van der Waals surface area contributed by atoms with E-state index in [2.05, 4.69) is 52.4 Å². The maximum absolute atomic E-state index is 14.4. The van der Waals surface area contributed by atoms with Gasteiger partial charge in [-0.1, -0.05) is 165 Å². The fourth-order valence-electron chi connectivity index (χ4n) is 8.36. The van der Waals surface area contributed by atoms with E-state index in [1.54, 1.807) is 42.7 Å². The van der Waals surface area contributed by atoms with Crippen molar-refractivity contribution in [2.75, 3.05) is 55.7 Å². The number of hydrogen-bond acceptors (Lipinski definition) is 7. The molecule has 0 bridgehead atoms. The third kappa shape index (κ3) is 27.4. The van der Waals surface area contributed by atoms with E-state index in [1.807, 2.05) is 0 Å². The van der Waals surface area contributed by atoms with Gasteiger partial charge in [-0.15, -0.1) is 0 Å². The largest absolute Gasteiger partial charge is 0.500 e. The number of nitrogens with zero attached hydrogens (tertiary/aromatic N) is 1. The first kappa shape index (κ1) is 59.4. The number of rotatable bonds is 39. The number of carbonyl (C=O) groups is 1. The molecule has 0 unspecified atom stereocenters. The molecule has 0 atom stereocenters. The Labute approximate surface area is 370 Å². The molecule has 0 aliphatic rings. The van der Waals surface area contributed by atoms with E-state index in [-0.39, 0.29) is 0 Å². The summed E-state index contributed by atoms with van der Waals surface area (Å²) in [6.45, 7) is 21.7. The van der Waals surface area contributed by atoms with Crippen LogP contribution in [0.1, 0.15) is 96.8 Å². The van der Waals surface area contributed by atoms with Crippen LogP contribution in [0.2, 0.25) is 113 Å². The molecule has 0 heterocycles. The molecule has 1 amide bonds. The second-order valence-corrected chi connectivity index (χ2v) is 48.4. The minimum absolute atomic E-state index is 0.461. The summed E-state index contributed by atoms with van der Waals surface area (Å²) in [5, 5.41) is 0. The molecule has 59 heavy (non-hydrogen) atoms. The molecule has 0 aromatic rings. The highest BCUT2D eigenvalue weighted by Gasteiger charge is 2.39. The van der Waals surface area contributed by atoms with E-state index in [0.29, 0.717) is 13.1 Å². The highest BCUT2D eigenvalue weighted by atomic mass is 28.4. The van der Waals surface area contributed by atoms with Crippen molar-refractivity contribution in [2.24, 2.45) is 0 Å². The van der Waals surface area contributed by atoms with Crippen molar-refractivity contribution in [1.82, 2.24) is 4.90 Å². The molecule has 0 saturated heterocycles. The fourth-order valence-corrected chi connectivity index (χ4v) is 28.4. The highest BCUT2D eigenvalue weighted by molar-refractivity contribution is 6.83. The zero-order valence-electron chi connectivity index (χ0n) is 41.4. The molecule has 0 rings (SSSR count). The SMILES string of the molecule is CO[Si](CCCCCCCC[Si](C)(C)CC[Si](C)(C)CCCN(CCC[Si](C)(C)CC[Si](C)(C)CCCCCCCC[Si](OC)(OC)OC)C(=O)C(C)(F)F)(OC)OC. The van der Waals surface area contributed by atoms with E-state index in [4.69, 9.17) is 26.6 Å². The van der Waals surface area contributed by atoms with Gasteiger partial charge in [-0.25, -0.2) is 0 Å². The lowest BCUT2D eigenvalue weighted by Crippen LogP contribution is -2.44. The fraction of sp³-hybridized carbons (Fsp3) is 0.977. The van der Waals surface area contributed by atoms with E-state index < -0.39 is 61.7 Å². The quantitative estimate of drug-likeness (QED) is 0.0449. The Morgan fingerprint density at radius 3 is 0.847 bits per heavy atom. The molecule has 0 N–H and O–H groups in total. The number of amides is 1. The zero-order valence-corrected chi connectivity index (χ0v) is 47.4. The smallest absolute Gasteiger partial charge is 0.377 e. The monoisotopic (exact) mass is 946 g/mol. The lowest BCUT2D eigenvalue weighted by Gasteiger charge is -2.32. The van der Waals surface area contributed by atoms with Crippen LogP contribution in [0.5, 0.6) is 0 Å². The molecule has 0 spiro atoms. The summed E-state index contributed by atoms with van der Waals surface area (Å²) in [7, 11) is -0.337. The maximum Gasteiger partial charge on any atom is 0.500 e. The third-order valence-corrected chi connectivity index (χ3v) is 33.1. The van der Waals surface area contributed by atoms with Crippen molar-refractivity contribution in [3.8, 4) is 0 Å². The molecule has 0 aliphatic heterocycles. The first-order valence-electron chi connectivity index (χ1n) is 23.4. The van der Waals surface area contributed by atoms with Gasteiger partial charge in [0.1, 0.15) is 0 Å². The van der Waals surface area contributed by atoms with Crippen LogP contribution < -0.4 is 0 Å². The molecule has 0 radical (unpaired) electrons. The highest BCUT2D eigenvalue weighted by Crippen LogP contribution is 2.31. The van der Waals surface area contributed by atoms with Crippen LogP contribution in [0.3, 0.4) is 0 Å². The summed E-state index contributed by atoms with van der Waals surface area (Å²) in [5.74, 6) is -4.30. The summed E-state index contributed by atoms with van der Waals surface area (Å²) in [6.07, 6.45) is 16.5. The molecule has 0 fully saturated rings. The topological polar surface area (TPSA) is 75.7 Å². The Morgan fingerprint density at radius 1 is 0.390 bits per heavy atom. The Bertz CT molecular complexity index is 1010. The lowest BCUT2D eigenvalue weighted by atomic mass is 10.1. The average Bonchev–Trinajstić information content (AvgIpc) is 3.17. The van der Waals surface area contributed by atoms with Gasteiger partial charge in [-0.05, 0) is 25.7 Å². The van der Waals surface area contributed by atoms with Crippen LogP contribution >= 0.6 is 0 Å². The van der Waals surface area contributed by atoms with E-state index in [1.165, 1.54) is 105 Å². The van der Waals surface area contributed by atoms with Crippen molar-refractivity contribution >= 4 is 55.8 Å². The van der Waals surface area contributed by atoms with Gasteiger partial charge < -0.3 is 31.5 Å². The molecular formula is C43H97F2NO7Si6. The normalized spacial score (nSPS) is 13.7. The third-order valence-electron chi connectivity index (χ3n) is 13.2. The van der Waals surface area contributed by atoms with Gasteiger partial charge in [0, 0.05) is 107 Å². The van der Waals surface area contributed by atoms with Crippen LogP contribution in [0, 0.1) is 0 Å². The molecule has 16 heteroatoms. The summed E-state index contributed by atoms with van der Waals surface area (Å²) in [4.78, 5) is 14.4. The molecule has 8 nitrogen and oxygen atoms in total. The van der Waals surface area contributed by atoms with Crippen LogP contribution in [-0.4, -0.2) is 122 Å². The molecule has 0 aliphatic carbocycles. The van der Waals surface area contributed by atoms with Crippen LogP contribution in [0.25, 0.3) is 0 Å². The Morgan fingerprint density at radius 2 is 0.610 bits per heavy atom. The van der Waals surface area contributed by atoms with Crippen molar-refractivity contribution in [1.29, 1.82) is 0 Å². The van der Waals surface area contributed by atoms with Gasteiger partial charge in [0.05, 0.1) is 0 Å². The summed E-state index contributed by atoms with van der Waals surface area (Å²) in [5.41, 5.74) is 0. The number of hydrogen-bond donors (Lipinski definition) is 0. The number of carbonyl (C=O) groups excluding carboxylic acids is 1. The predicted octanol–water partition coefficient (Wildman–Crippen LogP) is 13.5. The van der Waals surface area contributed by atoms with Crippen LogP contribution in [0.15, 0.2) is 0 Å². The molecule has 0 aromatic carbocycles. The maximum atomic E-state index is 14.4. The van der Waals surface area contributed by atoms with Gasteiger partial charge in [-0.2, -0.15) is 8.78 Å². The van der Waals surface area contributed by atoms with Crippen LogP contribution in [-0.2, 0) is 31.4 Å². The number of alkyl halides is 2. The first-order chi connectivity index (χ1) is 27.4. The van der Waals surface area contributed by atoms with E-state index in [9.17, 15) is 13.6 Å². The minimum atomic E-state index is -3.32. The number of unbranched alkanes of at least 4 members (excludes halogenated alkanes) is 10. The van der Waals surface area contributed by atoms with Gasteiger partial charge in [0.15, 0.2) is 0 Å². The Balaban J connectivity index is 4.64. The predicted molar refractivity (Wildman–Crippen MR) is 263 cm³/mol. The van der Waals surface area contributed by atoms with E-state index >= 15 is 0 Å².